The van der Waals surface area contributed by atoms with Gasteiger partial charge in [-0.3, -0.25) is 4.79 Å². The van der Waals surface area contributed by atoms with Crippen LogP contribution < -0.4 is 14.8 Å². The average molecular weight is 326 g/mol. The smallest absolute Gasteiger partial charge is 0.274 e. The molecule has 0 unspecified atom stereocenters. The third kappa shape index (κ3) is 2.88. The molecular weight excluding hydrogens is 308 g/mol. The van der Waals surface area contributed by atoms with Crippen LogP contribution in [-0.4, -0.2) is 34.7 Å². The zero-order valence-corrected chi connectivity index (χ0v) is 14.0. The maximum absolute atomic E-state index is 12.5. The third-order valence-corrected chi connectivity index (χ3v) is 3.60. The molecule has 7 heteroatoms. The van der Waals surface area contributed by atoms with Crippen LogP contribution in [0.3, 0.4) is 0 Å². The predicted octanol–water partition coefficient (Wildman–Crippen LogP) is 2.62. The molecule has 0 atom stereocenters. The van der Waals surface area contributed by atoms with Crippen LogP contribution in [0.5, 0.6) is 11.5 Å². The van der Waals surface area contributed by atoms with Gasteiger partial charge in [0.15, 0.2) is 17.1 Å². The number of aromatic nitrogens is 3. The first-order valence-corrected chi connectivity index (χ1v) is 7.39. The first-order valence-electron chi connectivity index (χ1n) is 7.39. The van der Waals surface area contributed by atoms with Gasteiger partial charge in [0.1, 0.15) is 5.69 Å². The molecule has 1 N–H and O–H groups in total. The Hall–Kier alpha value is -3.09. The van der Waals surface area contributed by atoms with E-state index >= 15 is 0 Å². The second-order valence-electron chi connectivity index (χ2n) is 5.36. The molecule has 0 fully saturated rings. The molecule has 0 aliphatic heterocycles. The fraction of sp³-hybridized carbons (Fsp3) is 0.235. The highest BCUT2D eigenvalue weighted by atomic mass is 16.5. The summed E-state index contributed by atoms with van der Waals surface area (Å²) in [5.74, 6) is 0.841. The van der Waals surface area contributed by atoms with Crippen LogP contribution in [-0.2, 0) is 0 Å². The SMILES string of the molecule is COc1ccc(NC(=O)c2cc(C)n3nc(C)cc3n2)cc1OC. The van der Waals surface area contributed by atoms with E-state index in [0.717, 1.165) is 11.4 Å². The highest BCUT2D eigenvalue weighted by Crippen LogP contribution is 2.29. The van der Waals surface area contributed by atoms with Crippen molar-refractivity contribution in [3.63, 3.8) is 0 Å². The lowest BCUT2D eigenvalue weighted by atomic mass is 10.2. The summed E-state index contributed by atoms with van der Waals surface area (Å²) >= 11 is 0. The molecule has 3 aromatic rings. The maximum Gasteiger partial charge on any atom is 0.274 e. The number of benzene rings is 1. The van der Waals surface area contributed by atoms with Gasteiger partial charge in [-0.05, 0) is 32.0 Å². The van der Waals surface area contributed by atoms with E-state index in [1.165, 1.54) is 0 Å². The monoisotopic (exact) mass is 326 g/mol. The molecule has 0 radical (unpaired) electrons. The molecule has 1 amide bonds. The molecule has 0 aliphatic rings. The van der Waals surface area contributed by atoms with E-state index in [1.54, 1.807) is 43.0 Å². The number of fused-ring (bicyclic) bond motifs is 1. The Bertz CT molecular complexity index is 918. The minimum Gasteiger partial charge on any atom is -0.493 e. The largest absolute Gasteiger partial charge is 0.493 e. The van der Waals surface area contributed by atoms with Gasteiger partial charge in [-0.2, -0.15) is 5.10 Å². The van der Waals surface area contributed by atoms with Gasteiger partial charge < -0.3 is 14.8 Å². The van der Waals surface area contributed by atoms with Crippen LogP contribution in [0.15, 0.2) is 30.3 Å². The van der Waals surface area contributed by atoms with E-state index in [9.17, 15) is 4.79 Å². The normalized spacial score (nSPS) is 10.7. The number of anilines is 1. The maximum atomic E-state index is 12.5. The van der Waals surface area contributed by atoms with Crippen molar-refractivity contribution in [2.45, 2.75) is 13.8 Å². The van der Waals surface area contributed by atoms with E-state index in [2.05, 4.69) is 15.4 Å². The lowest BCUT2D eigenvalue weighted by Crippen LogP contribution is -2.15. The molecule has 3 rings (SSSR count). The number of ether oxygens (including phenoxy) is 2. The molecular formula is C17H18N4O3. The number of methoxy groups -OCH3 is 2. The molecule has 0 aliphatic carbocycles. The molecule has 0 saturated carbocycles. The summed E-state index contributed by atoms with van der Waals surface area (Å²) in [5.41, 5.74) is 3.26. The lowest BCUT2D eigenvalue weighted by Gasteiger charge is -2.10. The van der Waals surface area contributed by atoms with Crippen molar-refractivity contribution in [3.05, 3.63) is 47.4 Å². The quantitative estimate of drug-likeness (QED) is 0.797. The van der Waals surface area contributed by atoms with Crippen molar-refractivity contribution in [1.29, 1.82) is 0 Å². The standard InChI is InChI=1S/C17H18N4O3/c1-10-7-16-19-13(8-11(2)21(16)20-10)17(22)18-12-5-6-14(23-3)15(9-12)24-4/h5-9H,1-4H3,(H,18,22). The van der Waals surface area contributed by atoms with Crippen molar-refractivity contribution in [1.82, 2.24) is 14.6 Å². The Labute approximate surface area is 139 Å². The summed E-state index contributed by atoms with van der Waals surface area (Å²) in [6.45, 7) is 3.77. The van der Waals surface area contributed by atoms with Gasteiger partial charge in [-0.15, -0.1) is 0 Å². The predicted molar refractivity (Wildman–Crippen MR) is 90.0 cm³/mol. The van der Waals surface area contributed by atoms with Gasteiger partial charge >= 0.3 is 0 Å². The zero-order chi connectivity index (χ0) is 17.3. The van der Waals surface area contributed by atoms with Gasteiger partial charge in [0.2, 0.25) is 0 Å². The number of nitrogens with zero attached hydrogens (tertiary/aromatic N) is 3. The number of carbonyl (C=O) groups is 1. The van der Waals surface area contributed by atoms with Gasteiger partial charge in [0.25, 0.3) is 5.91 Å². The minimum atomic E-state index is -0.299. The fourth-order valence-corrected chi connectivity index (χ4v) is 2.47. The van der Waals surface area contributed by atoms with E-state index < -0.39 is 0 Å². The summed E-state index contributed by atoms with van der Waals surface area (Å²) in [7, 11) is 3.11. The lowest BCUT2D eigenvalue weighted by molar-refractivity contribution is 0.102. The molecule has 0 bridgehead atoms. The number of rotatable bonds is 4. The molecule has 2 heterocycles. The van der Waals surface area contributed by atoms with Crippen molar-refractivity contribution in [3.8, 4) is 11.5 Å². The molecule has 0 spiro atoms. The van der Waals surface area contributed by atoms with Crippen molar-refractivity contribution < 1.29 is 14.3 Å². The Morgan fingerprint density at radius 2 is 1.83 bits per heavy atom. The summed E-state index contributed by atoms with van der Waals surface area (Å²) in [4.78, 5) is 16.9. The Balaban J connectivity index is 1.90. The van der Waals surface area contributed by atoms with Crippen LogP contribution in [0.2, 0.25) is 0 Å². The first-order chi connectivity index (χ1) is 11.5. The van der Waals surface area contributed by atoms with Crippen molar-refractivity contribution in [2.75, 3.05) is 19.5 Å². The first kappa shape index (κ1) is 15.8. The number of amides is 1. The van der Waals surface area contributed by atoms with Crippen LogP contribution in [0.1, 0.15) is 21.9 Å². The zero-order valence-electron chi connectivity index (χ0n) is 14.0. The molecule has 0 saturated heterocycles. The van der Waals surface area contributed by atoms with E-state index in [1.807, 2.05) is 19.9 Å². The van der Waals surface area contributed by atoms with Crippen LogP contribution in [0, 0.1) is 13.8 Å². The van der Waals surface area contributed by atoms with E-state index in [-0.39, 0.29) is 5.91 Å². The van der Waals surface area contributed by atoms with Gasteiger partial charge in [0.05, 0.1) is 19.9 Å². The van der Waals surface area contributed by atoms with Crippen LogP contribution in [0.4, 0.5) is 5.69 Å². The highest BCUT2D eigenvalue weighted by molar-refractivity contribution is 6.03. The molecule has 24 heavy (non-hydrogen) atoms. The van der Waals surface area contributed by atoms with Crippen LogP contribution >= 0.6 is 0 Å². The summed E-state index contributed by atoms with van der Waals surface area (Å²) in [6, 6.07) is 8.71. The number of hydrogen-bond acceptors (Lipinski definition) is 5. The Morgan fingerprint density at radius 3 is 2.54 bits per heavy atom. The molecule has 7 nitrogen and oxygen atoms in total. The number of nitrogens with one attached hydrogen (secondary N) is 1. The van der Waals surface area contributed by atoms with E-state index in [4.69, 9.17) is 9.47 Å². The summed E-state index contributed by atoms with van der Waals surface area (Å²) in [5, 5.41) is 7.15. The Morgan fingerprint density at radius 1 is 1.08 bits per heavy atom. The number of aryl methyl sites for hydroxylation is 2. The van der Waals surface area contributed by atoms with Crippen molar-refractivity contribution in [2.24, 2.45) is 0 Å². The Kier molecular flexibility index (Phi) is 4.07. The fourth-order valence-electron chi connectivity index (χ4n) is 2.47. The van der Waals surface area contributed by atoms with Gasteiger partial charge in [0, 0.05) is 23.5 Å². The summed E-state index contributed by atoms with van der Waals surface area (Å²) < 4.78 is 12.1. The van der Waals surface area contributed by atoms with Crippen molar-refractivity contribution >= 4 is 17.2 Å². The summed E-state index contributed by atoms with van der Waals surface area (Å²) in [6.07, 6.45) is 0. The highest BCUT2D eigenvalue weighted by Gasteiger charge is 2.13. The molecule has 1 aromatic carbocycles. The molecule has 2 aromatic heterocycles. The minimum absolute atomic E-state index is 0.299. The second-order valence-corrected chi connectivity index (χ2v) is 5.36. The topological polar surface area (TPSA) is 77.8 Å². The average Bonchev–Trinajstić information content (AvgIpc) is 2.95. The number of hydrogen-bond donors (Lipinski definition) is 1. The number of carbonyl (C=O) groups excluding carboxylic acids is 1. The van der Waals surface area contributed by atoms with Gasteiger partial charge in [-0.1, -0.05) is 0 Å². The third-order valence-electron chi connectivity index (χ3n) is 3.60. The van der Waals surface area contributed by atoms with E-state index in [0.29, 0.717) is 28.5 Å². The van der Waals surface area contributed by atoms with Crippen LogP contribution in [0.25, 0.3) is 5.65 Å². The van der Waals surface area contributed by atoms with Gasteiger partial charge in [-0.25, -0.2) is 9.50 Å². The second kappa shape index (κ2) is 6.19. The molecule has 124 valence electrons.